The predicted octanol–water partition coefficient (Wildman–Crippen LogP) is 12.3. The molecule has 1 heterocycles. The molecule has 6 heteroatoms. The number of carbonyl (C=O) groups is 2. The first-order valence-corrected chi connectivity index (χ1v) is 22.3. The Kier molecular flexibility index (Phi) is 32.7. The SMILES string of the molecule is CCCCCCCCCOC(=O)CCCCCC1C(CCCCCC(=O)OC(CCCCCCCC)CCCCCCCC)CCN1CCO. The van der Waals surface area contributed by atoms with Crippen LogP contribution in [0.2, 0.25) is 0 Å². The molecule has 1 fully saturated rings. The van der Waals surface area contributed by atoms with Gasteiger partial charge in [0.1, 0.15) is 6.10 Å². The summed E-state index contributed by atoms with van der Waals surface area (Å²) in [5.74, 6) is 0.646. The normalized spacial score (nSPS) is 16.4. The van der Waals surface area contributed by atoms with Gasteiger partial charge in [-0.2, -0.15) is 0 Å². The van der Waals surface area contributed by atoms with Gasteiger partial charge >= 0.3 is 11.9 Å². The lowest BCUT2D eigenvalue weighted by Crippen LogP contribution is -2.35. The molecule has 50 heavy (non-hydrogen) atoms. The quantitative estimate of drug-likeness (QED) is 0.0512. The third-order valence-corrected chi connectivity index (χ3v) is 11.1. The highest BCUT2D eigenvalue weighted by molar-refractivity contribution is 5.69. The smallest absolute Gasteiger partial charge is 0.306 e. The van der Waals surface area contributed by atoms with E-state index in [1.807, 2.05) is 0 Å². The van der Waals surface area contributed by atoms with Crippen LogP contribution in [-0.4, -0.2) is 60.4 Å². The zero-order valence-electron chi connectivity index (χ0n) is 33.7. The summed E-state index contributed by atoms with van der Waals surface area (Å²) in [7, 11) is 0. The molecule has 6 nitrogen and oxygen atoms in total. The van der Waals surface area contributed by atoms with Crippen molar-refractivity contribution in [2.75, 3.05) is 26.3 Å². The van der Waals surface area contributed by atoms with E-state index in [1.165, 1.54) is 122 Å². The monoisotopic (exact) mass is 708 g/mol. The molecule has 0 aromatic rings. The van der Waals surface area contributed by atoms with Crippen LogP contribution >= 0.6 is 0 Å². The van der Waals surface area contributed by atoms with Crippen LogP contribution in [0.5, 0.6) is 0 Å². The molecule has 296 valence electrons. The number of β-amino-alcohol motifs (C(OH)–C–C–N with tert-alkyl or cyclic N) is 1. The molecule has 0 bridgehead atoms. The van der Waals surface area contributed by atoms with Gasteiger partial charge in [0.05, 0.1) is 13.2 Å². The predicted molar refractivity (Wildman–Crippen MR) is 212 cm³/mol. The second kappa shape index (κ2) is 34.9. The fourth-order valence-corrected chi connectivity index (χ4v) is 7.93. The fraction of sp³-hybridized carbons (Fsp3) is 0.955. The lowest BCUT2D eigenvalue weighted by atomic mass is 9.90. The van der Waals surface area contributed by atoms with Crippen molar-refractivity contribution < 1.29 is 24.2 Å². The number of rotatable bonds is 37. The minimum absolute atomic E-state index is 0.0153. The molecule has 1 aliphatic heterocycles. The molecular weight excluding hydrogens is 622 g/mol. The van der Waals surface area contributed by atoms with Crippen molar-refractivity contribution in [2.45, 2.75) is 238 Å². The number of esters is 2. The van der Waals surface area contributed by atoms with Crippen molar-refractivity contribution in [3.8, 4) is 0 Å². The molecule has 2 unspecified atom stereocenters. The summed E-state index contributed by atoms with van der Waals surface area (Å²) >= 11 is 0. The molecule has 0 aromatic heterocycles. The van der Waals surface area contributed by atoms with E-state index in [4.69, 9.17) is 9.47 Å². The van der Waals surface area contributed by atoms with Crippen LogP contribution in [0, 0.1) is 5.92 Å². The first-order chi connectivity index (χ1) is 24.5. The summed E-state index contributed by atoms with van der Waals surface area (Å²) in [5.41, 5.74) is 0. The van der Waals surface area contributed by atoms with Gasteiger partial charge in [0.15, 0.2) is 0 Å². The lowest BCUT2D eigenvalue weighted by molar-refractivity contribution is -0.150. The summed E-state index contributed by atoms with van der Waals surface area (Å²) in [6.45, 7) is 9.40. The largest absolute Gasteiger partial charge is 0.466 e. The Bertz CT molecular complexity index is 745. The maximum atomic E-state index is 12.8. The topological polar surface area (TPSA) is 76.1 Å². The van der Waals surface area contributed by atoms with Gasteiger partial charge in [0.2, 0.25) is 0 Å². The molecular formula is C44H85NO5. The zero-order valence-corrected chi connectivity index (χ0v) is 33.7. The molecule has 2 atom stereocenters. The molecule has 0 saturated carbocycles. The summed E-state index contributed by atoms with van der Waals surface area (Å²) in [5, 5.41) is 9.66. The molecule has 0 aromatic carbocycles. The highest BCUT2D eigenvalue weighted by Gasteiger charge is 2.32. The average molecular weight is 708 g/mol. The molecule has 0 amide bonds. The van der Waals surface area contributed by atoms with Crippen molar-refractivity contribution in [1.29, 1.82) is 0 Å². The molecule has 0 spiro atoms. The van der Waals surface area contributed by atoms with Crippen molar-refractivity contribution in [3.05, 3.63) is 0 Å². The summed E-state index contributed by atoms with van der Waals surface area (Å²) in [6.07, 6.45) is 37.1. The van der Waals surface area contributed by atoms with E-state index in [9.17, 15) is 14.7 Å². The maximum Gasteiger partial charge on any atom is 0.306 e. The van der Waals surface area contributed by atoms with Gasteiger partial charge < -0.3 is 14.6 Å². The third kappa shape index (κ3) is 26.6. The Morgan fingerprint density at radius 1 is 0.600 bits per heavy atom. The van der Waals surface area contributed by atoms with Crippen LogP contribution in [0.4, 0.5) is 0 Å². The molecule has 0 radical (unpaired) electrons. The standard InChI is InChI=1S/C44H85NO5/c1-4-7-10-13-16-19-28-39-49-43(47)33-26-21-25-32-42-40(35-36-45(42)37-38-46)29-22-20-27-34-44(48)50-41(30-23-17-14-11-8-5-2)31-24-18-15-12-9-6-3/h40-42,46H,4-39H2,1-3H3. The number of hydrogen-bond acceptors (Lipinski definition) is 6. The maximum absolute atomic E-state index is 12.8. The van der Waals surface area contributed by atoms with Gasteiger partial charge in [-0.3, -0.25) is 14.5 Å². The van der Waals surface area contributed by atoms with Crippen LogP contribution in [0.3, 0.4) is 0 Å². The van der Waals surface area contributed by atoms with E-state index in [2.05, 4.69) is 25.7 Å². The van der Waals surface area contributed by atoms with E-state index in [0.717, 1.165) is 83.7 Å². The van der Waals surface area contributed by atoms with Gasteiger partial charge in [0, 0.05) is 25.4 Å². The number of carbonyl (C=O) groups excluding carboxylic acids is 2. The van der Waals surface area contributed by atoms with Crippen LogP contribution in [0.15, 0.2) is 0 Å². The molecule has 1 rings (SSSR count). The van der Waals surface area contributed by atoms with Crippen molar-refractivity contribution in [2.24, 2.45) is 5.92 Å². The van der Waals surface area contributed by atoms with Gasteiger partial charge in [-0.05, 0) is 76.7 Å². The highest BCUT2D eigenvalue weighted by atomic mass is 16.5. The van der Waals surface area contributed by atoms with Crippen molar-refractivity contribution in [1.82, 2.24) is 4.90 Å². The highest BCUT2D eigenvalue weighted by Crippen LogP contribution is 2.32. The Hall–Kier alpha value is -1.14. The summed E-state index contributed by atoms with van der Waals surface area (Å²) < 4.78 is 11.5. The van der Waals surface area contributed by atoms with E-state index >= 15 is 0 Å². The third-order valence-electron chi connectivity index (χ3n) is 11.1. The minimum atomic E-state index is -0.0355. The Labute approximate surface area is 311 Å². The minimum Gasteiger partial charge on any atom is -0.466 e. The number of hydrogen-bond donors (Lipinski definition) is 1. The summed E-state index contributed by atoms with van der Waals surface area (Å²) in [4.78, 5) is 27.5. The first-order valence-electron chi connectivity index (χ1n) is 22.3. The zero-order chi connectivity index (χ0) is 36.3. The number of unbranched alkanes of at least 4 members (excludes halogenated alkanes) is 20. The average Bonchev–Trinajstić information content (AvgIpc) is 3.49. The molecule has 1 N–H and O–H groups in total. The second-order valence-electron chi connectivity index (χ2n) is 15.6. The first kappa shape index (κ1) is 46.9. The fourth-order valence-electron chi connectivity index (χ4n) is 7.93. The van der Waals surface area contributed by atoms with Gasteiger partial charge in [0.25, 0.3) is 0 Å². The lowest BCUT2D eigenvalue weighted by Gasteiger charge is -2.28. The number of aliphatic hydroxyl groups excluding tert-OH is 1. The molecule has 1 saturated heterocycles. The summed E-state index contributed by atoms with van der Waals surface area (Å²) in [6, 6.07) is 0.529. The second-order valence-corrected chi connectivity index (χ2v) is 15.6. The van der Waals surface area contributed by atoms with Gasteiger partial charge in [-0.25, -0.2) is 0 Å². The Balaban J connectivity index is 2.29. The van der Waals surface area contributed by atoms with Gasteiger partial charge in [-0.1, -0.05) is 149 Å². The number of nitrogens with zero attached hydrogens (tertiary/aromatic N) is 1. The van der Waals surface area contributed by atoms with E-state index < -0.39 is 0 Å². The molecule has 1 aliphatic rings. The van der Waals surface area contributed by atoms with E-state index in [0.29, 0.717) is 31.4 Å². The number of ether oxygens (including phenoxy) is 2. The Morgan fingerprint density at radius 3 is 1.64 bits per heavy atom. The Morgan fingerprint density at radius 2 is 1.08 bits per heavy atom. The van der Waals surface area contributed by atoms with E-state index in [-0.39, 0.29) is 24.6 Å². The van der Waals surface area contributed by atoms with Crippen LogP contribution < -0.4 is 0 Å². The van der Waals surface area contributed by atoms with Crippen LogP contribution in [-0.2, 0) is 19.1 Å². The van der Waals surface area contributed by atoms with Crippen molar-refractivity contribution in [3.63, 3.8) is 0 Å². The van der Waals surface area contributed by atoms with Crippen LogP contribution in [0.1, 0.15) is 226 Å². The van der Waals surface area contributed by atoms with Crippen molar-refractivity contribution >= 4 is 11.9 Å². The van der Waals surface area contributed by atoms with Crippen LogP contribution in [0.25, 0.3) is 0 Å². The van der Waals surface area contributed by atoms with E-state index in [1.54, 1.807) is 0 Å². The number of aliphatic hydroxyl groups is 1. The molecule has 0 aliphatic carbocycles. The van der Waals surface area contributed by atoms with Gasteiger partial charge in [-0.15, -0.1) is 0 Å². The number of likely N-dealkylation sites (tertiary alicyclic amines) is 1.